The van der Waals surface area contributed by atoms with Crippen molar-refractivity contribution in [3.63, 3.8) is 0 Å². The summed E-state index contributed by atoms with van der Waals surface area (Å²) < 4.78 is 26.8. The third kappa shape index (κ3) is 3.54. The third-order valence-electron chi connectivity index (χ3n) is 3.82. The van der Waals surface area contributed by atoms with E-state index < -0.39 is 0 Å². The van der Waals surface area contributed by atoms with Gasteiger partial charge in [-0.25, -0.2) is 8.78 Å². The largest absolute Gasteiger partial charge is 0.309 e. The van der Waals surface area contributed by atoms with Gasteiger partial charge in [0, 0.05) is 5.41 Å². The molecule has 1 aliphatic carbocycles. The molecule has 1 aromatic carbocycles. The maximum atomic E-state index is 13.7. The van der Waals surface area contributed by atoms with Crippen molar-refractivity contribution < 1.29 is 8.78 Å². The van der Waals surface area contributed by atoms with Gasteiger partial charge in [0.1, 0.15) is 11.6 Å². The molecule has 0 saturated heterocycles. The van der Waals surface area contributed by atoms with Crippen LogP contribution in [0.2, 0.25) is 0 Å². The predicted octanol–water partition coefficient (Wildman–Crippen LogP) is 4.22. The summed E-state index contributed by atoms with van der Waals surface area (Å²) >= 11 is 0. The Labute approximate surface area is 119 Å². The van der Waals surface area contributed by atoms with Gasteiger partial charge in [-0.15, -0.1) is 0 Å². The van der Waals surface area contributed by atoms with Gasteiger partial charge in [-0.3, -0.25) is 0 Å². The molecule has 3 heteroatoms. The molecule has 1 nitrogen and oxygen atoms in total. The lowest BCUT2D eigenvalue weighted by molar-refractivity contribution is 0.361. The average molecular weight is 277 g/mol. The van der Waals surface area contributed by atoms with E-state index in [1.54, 1.807) is 18.2 Å². The van der Waals surface area contributed by atoms with E-state index in [0.29, 0.717) is 0 Å². The van der Waals surface area contributed by atoms with Crippen molar-refractivity contribution in [2.24, 2.45) is 0 Å². The van der Waals surface area contributed by atoms with Gasteiger partial charge < -0.3 is 4.90 Å². The summed E-state index contributed by atoms with van der Waals surface area (Å²) in [4.78, 5) is 2.12. The molecule has 0 fully saturated rings. The van der Waals surface area contributed by atoms with Crippen LogP contribution in [-0.4, -0.2) is 25.5 Å². The molecule has 0 spiro atoms. The second-order valence-electron chi connectivity index (χ2n) is 5.71. The number of nitrogens with zero attached hydrogens (tertiary/aromatic N) is 1. The van der Waals surface area contributed by atoms with Crippen molar-refractivity contribution in [2.45, 2.75) is 24.7 Å². The van der Waals surface area contributed by atoms with E-state index >= 15 is 0 Å². The molecule has 0 aliphatic heterocycles. The first-order chi connectivity index (χ1) is 9.52. The number of halogens is 2. The zero-order chi connectivity index (χ0) is 14.6. The maximum Gasteiger partial charge on any atom is 0.123 e. The van der Waals surface area contributed by atoms with Crippen molar-refractivity contribution in [2.75, 3.05) is 20.6 Å². The highest BCUT2D eigenvalue weighted by atomic mass is 19.1. The van der Waals surface area contributed by atoms with Crippen molar-refractivity contribution in [1.82, 2.24) is 4.90 Å². The van der Waals surface area contributed by atoms with Gasteiger partial charge in [-0.2, -0.15) is 0 Å². The van der Waals surface area contributed by atoms with E-state index in [-0.39, 0.29) is 17.1 Å². The standard InChI is InChI=1S/C17H21F2N/c1-20(2)12-4-11-17(10-3-5-16(19)13-17)14-6-8-15(18)9-7-14/h3,5-9,13H,4,10-12H2,1-2H3. The maximum absolute atomic E-state index is 13.7. The number of hydrogen-bond acceptors (Lipinski definition) is 1. The summed E-state index contributed by atoms with van der Waals surface area (Å²) in [5, 5.41) is 0. The van der Waals surface area contributed by atoms with Gasteiger partial charge in [0.15, 0.2) is 0 Å². The first-order valence-electron chi connectivity index (χ1n) is 6.97. The predicted molar refractivity (Wildman–Crippen MR) is 78.8 cm³/mol. The van der Waals surface area contributed by atoms with Crippen molar-refractivity contribution in [1.29, 1.82) is 0 Å². The van der Waals surface area contributed by atoms with Crippen LogP contribution in [0.25, 0.3) is 0 Å². The first-order valence-corrected chi connectivity index (χ1v) is 6.97. The fourth-order valence-electron chi connectivity index (χ4n) is 2.77. The first kappa shape index (κ1) is 14.9. The van der Waals surface area contributed by atoms with Crippen LogP contribution in [0.4, 0.5) is 8.78 Å². The van der Waals surface area contributed by atoms with Crippen LogP contribution in [-0.2, 0) is 5.41 Å². The van der Waals surface area contributed by atoms with Crippen LogP contribution in [0.5, 0.6) is 0 Å². The SMILES string of the molecule is CN(C)CCCC1(c2ccc(F)cc2)C=C(F)C=CC1. The van der Waals surface area contributed by atoms with E-state index in [4.69, 9.17) is 0 Å². The van der Waals surface area contributed by atoms with E-state index in [2.05, 4.69) is 4.90 Å². The molecule has 1 unspecified atom stereocenters. The molecule has 1 atom stereocenters. The Morgan fingerprint density at radius 2 is 1.85 bits per heavy atom. The minimum atomic E-state index is -0.345. The monoisotopic (exact) mass is 277 g/mol. The quantitative estimate of drug-likeness (QED) is 0.779. The molecule has 1 aliphatic rings. The van der Waals surface area contributed by atoms with E-state index in [1.807, 2.05) is 20.2 Å². The molecular weight excluding hydrogens is 256 g/mol. The Kier molecular flexibility index (Phi) is 4.71. The van der Waals surface area contributed by atoms with Gasteiger partial charge in [-0.05, 0) is 69.8 Å². The second kappa shape index (κ2) is 6.31. The number of rotatable bonds is 5. The number of hydrogen-bond donors (Lipinski definition) is 0. The highest BCUT2D eigenvalue weighted by Gasteiger charge is 2.31. The van der Waals surface area contributed by atoms with E-state index in [9.17, 15) is 8.78 Å². The third-order valence-corrected chi connectivity index (χ3v) is 3.82. The summed E-state index contributed by atoms with van der Waals surface area (Å²) in [7, 11) is 4.06. The summed E-state index contributed by atoms with van der Waals surface area (Å²) in [5.41, 5.74) is 0.639. The Morgan fingerprint density at radius 3 is 2.45 bits per heavy atom. The Bertz CT molecular complexity index is 502. The smallest absolute Gasteiger partial charge is 0.123 e. The molecule has 20 heavy (non-hydrogen) atoms. The minimum absolute atomic E-state index is 0.203. The molecule has 0 heterocycles. The Morgan fingerprint density at radius 1 is 1.15 bits per heavy atom. The highest BCUT2D eigenvalue weighted by molar-refractivity contribution is 5.37. The van der Waals surface area contributed by atoms with Crippen molar-refractivity contribution in [3.05, 3.63) is 59.7 Å². The van der Waals surface area contributed by atoms with E-state index in [1.165, 1.54) is 18.2 Å². The zero-order valence-corrected chi connectivity index (χ0v) is 12.1. The van der Waals surface area contributed by atoms with Gasteiger partial charge >= 0.3 is 0 Å². The lowest BCUT2D eigenvalue weighted by Crippen LogP contribution is -2.27. The van der Waals surface area contributed by atoms with E-state index in [0.717, 1.165) is 31.4 Å². The van der Waals surface area contributed by atoms with Crippen LogP contribution in [0.3, 0.4) is 0 Å². The van der Waals surface area contributed by atoms with Crippen molar-refractivity contribution in [3.8, 4) is 0 Å². The molecule has 1 aromatic rings. The summed E-state index contributed by atoms with van der Waals surface area (Å²) in [6.07, 6.45) is 7.66. The van der Waals surface area contributed by atoms with Crippen LogP contribution in [0.1, 0.15) is 24.8 Å². The molecule has 2 rings (SSSR count). The van der Waals surface area contributed by atoms with Gasteiger partial charge in [0.05, 0.1) is 0 Å². The Hall–Kier alpha value is -1.48. The molecule has 0 amide bonds. The lowest BCUT2D eigenvalue weighted by atomic mass is 9.72. The summed E-state index contributed by atoms with van der Waals surface area (Å²) in [6.45, 7) is 0.960. The topological polar surface area (TPSA) is 3.24 Å². The number of allylic oxidation sites excluding steroid dienone is 4. The molecule has 108 valence electrons. The molecule has 0 N–H and O–H groups in total. The fourth-order valence-corrected chi connectivity index (χ4v) is 2.77. The molecular formula is C17H21F2N. The Balaban J connectivity index is 2.25. The molecule has 0 radical (unpaired) electrons. The average Bonchev–Trinajstić information content (AvgIpc) is 2.39. The zero-order valence-electron chi connectivity index (χ0n) is 12.1. The lowest BCUT2D eigenvalue weighted by Gasteiger charge is -2.33. The van der Waals surface area contributed by atoms with Gasteiger partial charge in [0.25, 0.3) is 0 Å². The summed E-state index contributed by atoms with van der Waals surface area (Å²) in [6, 6.07) is 6.45. The molecule has 0 saturated carbocycles. The highest BCUT2D eigenvalue weighted by Crippen LogP contribution is 2.39. The summed E-state index contributed by atoms with van der Waals surface area (Å²) in [5.74, 6) is -0.460. The van der Waals surface area contributed by atoms with Crippen LogP contribution < -0.4 is 0 Å². The second-order valence-corrected chi connectivity index (χ2v) is 5.71. The van der Waals surface area contributed by atoms with Crippen LogP contribution >= 0.6 is 0 Å². The fraction of sp³-hybridized carbons (Fsp3) is 0.412. The number of benzene rings is 1. The molecule has 0 bridgehead atoms. The molecule has 0 aromatic heterocycles. The van der Waals surface area contributed by atoms with Crippen molar-refractivity contribution >= 4 is 0 Å². The van der Waals surface area contributed by atoms with Gasteiger partial charge in [0.2, 0.25) is 0 Å². The minimum Gasteiger partial charge on any atom is -0.309 e. The van der Waals surface area contributed by atoms with Crippen LogP contribution in [0, 0.1) is 5.82 Å². The van der Waals surface area contributed by atoms with Crippen LogP contribution in [0.15, 0.2) is 48.3 Å². The van der Waals surface area contributed by atoms with Gasteiger partial charge in [-0.1, -0.05) is 18.2 Å². The normalized spacial score (nSPS) is 22.1.